The SMILES string of the molecule is CCC(CC)(CBr)NS(=O)(=O)c1cc(C)c(Cl)s1. The minimum absolute atomic E-state index is 0.275. The van der Waals surface area contributed by atoms with Crippen LogP contribution in [0.4, 0.5) is 0 Å². The Labute approximate surface area is 126 Å². The topological polar surface area (TPSA) is 46.2 Å². The van der Waals surface area contributed by atoms with E-state index in [1.807, 2.05) is 13.8 Å². The molecule has 0 aliphatic heterocycles. The van der Waals surface area contributed by atoms with E-state index in [1.54, 1.807) is 13.0 Å². The van der Waals surface area contributed by atoms with Crippen LogP contribution in [0.5, 0.6) is 0 Å². The number of alkyl halides is 1. The molecule has 1 aromatic heterocycles. The summed E-state index contributed by atoms with van der Waals surface area (Å²) in [5.74, 6) is 0. The van der Waals surface area contributed by atoms with Crippen molar-refractivity contribution >= 4 is 48.9 Å². The molecule has 0 amide bonds. The van der Waals surface area contributed by atoms with E-state index < -0.39 is 15.6 Å². The molecule has 0 radical (unpaired) electrons. The number of rotatable bonds is 6. The smallest absolute Gasteiger partial charge is 0.206 e. The Morgan fingerprint density at radius 2 is 2.00 bits per heavy atom. The Morgan fingerprint density at radius 1 is 1.44 bits per heavy atom. The van der Waals surface area contributed by atoms with Gasteiger partial charge >= 0.3 is 0 Å². The second-order valence-corrected chi connectivity index (χ2v) is 8.37. The van der Waals surface area contributed by atoms with Crippen molar-refractivity contribution in [3.63, 3.8) is 0 Å². The van der Waals surface area contributed by atoms with Crippen molar-refractivity contribution in [3.05, 3.63) is 16.0 Å². The van der Waals surface area contributed by atoms with Gasteiger partial charge in [0, 0.05) is 10.9 Å². The summed E-state index contributed by atoms with van der Waals surface area (Å²) in [6.45, 7) is 5.75. The van der Waals surface area contributed by atoms with Crippen LogP contribution in [0.2, 0.25) is 4.34 Å². The molecule has 0 aromatic carbocycles. The Bertz CT molecular complexity index is 481. The van der Waals surface area contributed by atoms with Crippen LogP contribution in [0.15, 0.2) is 10.3 Å². The van der Waals surface area contributed by atoms with Crippen LogP contribution in [-0.2, 0) is 10.0 Å². The average Bonchev–Trinajstić information content (AvgIpc) is 2.68. The molecular formula is C11H17BrClNO2S2. The second-order valence-electron chi connectivity index (χ2n) is 4.25. The lowest BCUT2D eigenvalue weighted by atomic mass is 9.97. The van der Waals surface area contributed by atoms with Gasteiger partial charge in [-0.3, -0.25) is 0 Å². The zero-order chi connectivity index (χ0) is 14.0. The van der Waals surface area contributed by atoms with Gasteiger partial charge in [0.2, 0.25) is 0 Å². The fourth-order valence-corrected chi connectivity index (χ4v) is 5.88. The van der Waals surface area contributed by atoms with Gasteiger partial charge in [-0.25, -0.2) is 13.1 Å². The summed E-state index contributed by atoms with van der Waals surface area (Å²) in [6, 6.07) is 1.61. The third kappa shape index (κ3) is 3.48. The van der Waals surface area contributed by atoms with Crippen molar-refractivity contribution in [2.75, 3.05) is 5.33 Å². The van der Waals surface area contributed by atoms with E-state index >= 15 is 0 Å². The zero-order valence-electron chi connectivity index (χ0n) is 10.6. The maximum atomic E-state index is 12.3. The Balaban J connectivity index is 3.08. The number of thiophene rings is 1. The number of sulfonamides is 1. The molecule has 3 nitrogen and oxygen atoms in total. The molecule has 0 bridgehead atoms. The van der Waals surface area contributed by atoms with E-state index in [4.69, 9.17) is 11.6 Å². The lowest BCUT2D eigenvalue weighted by Gasteiger charge is -2.30. The number of aryl methyl sites for hydroxylation is 1. The highest BCUT2D eigenvalue weighted by molar-refractivity contribution is 9.09. The lowest BCUT2D eigenvalue weighted by molar-refractivity contribution is 0.399. The molecule has 7 heteroatoms. The number of halogens is 2. The molecule has 0 saturated heterocycles. The lowest BCUT2D eigenvalue weighted by Crippen LogP contribution is -2.48. The molecular weight excluding hydrogens is 358 g/mol. The van der Waals surface area contributed by atoms with Crippen molar-refractivity contribution in [2.24, 2.45) is 0 Å². The summed E-state index contributed by atoms with van der Waals surface area (Å²) in [7, 11) is -3.50. The molecule has 104 valence electrons. The van der Waals surface area contributed by atoms with E-state index in [-0.39, 0.29) is 4.21 Å². The van der Waals surface area contributed by atoms with Crippen LogP contribution in [0.25, 0.3) is 0 Å². The number of nitrogens with one attached hydrogen (secondary N) is 1. The fourth-order valence-electron chi connectivity index (χ4n) is 1.51. The summed E-state index contributed by atoms with van der Waals surface area (Å²) in [5, 5.41) is 0.588. The third-order valence-corrected chi connectivity index (χ3v) is 7.74. The van der Waals surface area contributed by atoms with Gasteiger partial charge in [-0.1, -0.05) is 41.4 Å². The summed E-state index contributed by atoms with van der Waals surface area (Å²) >= 11 is 10.4. The molecule has 0 atom stereocenters. The molecule has 1 heterocycles. The van der Waals surface area contributed by atoms with Gasteiger partial charge in [-0.15, -0.1) is 11.3 Å². The first-order chi connectivity index (χ1) is 8.30. The molecule has 0 saturated carbocycles. The van der Waals surface area contributed by atoms with Gasteiger partial charge in [-0.2, -0.15) is 0 Å². The fraction of sp³-hybridized carbons (Fsp3) is 0.636. The molecule has 0 spiro atoms. The molecule has 1 N–H and O–H groups in total. The standard InChI is InChI=1S/C11H17BrClNO2S2/c1-4-11(5-2,7-12)14-18(15,16)9-6-8(3)10(13)17-9/h6,14H,4-5,7H2,1-3H3. The summed E-state index contributed by atoms with van der Waals surface area (Å²) in [4.78, 5) is 0. The van der Waals surface area contributed by atoms with Gasteiger partial charge in [-0.05, 0) is 31.4 Å². The van der Waals surface area contributed by atoms with Gasteiger partial charge in [0.1, 0.15) is 4.21 Å². The van der Waals surface area contributed by atoms with E-state index in [0.29, 0.717) is 9.67 Å². The minimum Gasteiger partial charge on any atom is -0.206 e. The molecule has 18 heavy (non-hydrogen) atoms. The Morgan fingerprint density at radius 3 is 2.33 bits per heavy atom. The molecule has 0 aliphatic carbocycles. The van der Waals surface area contributed by atoms with Crippen LogP contribution >= 0.6 is 38.9 Å². The van der Waals surface area contributed by atoms with Crippen LogP contribution in [-0.4, -0.2) is 19.3 Å². The first kappa shape index (κ1) is 16.4. The largest absolute Gasteiger partial charge is 0.250 e. The average molecular weight is 375 g/mol. The Hall–Kier alpha value is 0.380. The van der Waals surface area contributed by atoms with Crippen LogP contribution < -0.4 is 4.72 Å². The van der Waals surface area contributed by atoms with Crippen LogP contribution in [0, 0.1) is 6.92 Å². The molecule has 0 aliphatic rings. The summed E-state index contributed by atoms with van der Waals surface area (Å²) in [6.07, 6.45) is 1.46. The Kier molecular flexibility index (Phi) is 5.68. The molecule has 0 fully saturated rings. The maximum absolute atomic E-state index is 12.3. The first-order valence-electron chi connectivity index (χ1n) is 5.66. The molecule has 1 aromatic rings. The minimum atomic E-state index is -3.50. The van der Waals surface area contributed by atoms with Gasteiger partial charge in [0.25, 0.3) is 10.0 Å². The highest BCUT2D eigenvalue weighted by atomic mass is 79.9. The van der Waals surface area contributed by atoms with Crippen molar-refractivity contribution in [3.8, 4) is 0 Å². The monoisotopic (exact) mass is 373 g/mol. The van der Waals surface area contributed by atoms with Crippen molar-refractivity contribution in [2.45, 2.75) is 43.4 Å². The van der Waals surface area contributed by atoms with Gasteiger partial charge < -0.3 is 0 Å². The van der Waals surface area contributed by atoms with E-state index in [1.165, 1.54) is 0 Å². The van der Waals surface area contributed by atoms with Crippen LogP contribution in [0.3, 0.4) is 0 Å². The zero-order valence-corrected chi connectivity index (χ0v) is 14.6. The summed E-state index contributed by atoms with van der Waals surface area (Å²) < 4.78 is 28.2. The number of hydrogen-bond acceptors (Lipinski definition) is 3. The highest BCUT2D eigenvalue weighted by Crippen LogP contribution is 2.31. The van der Waals surface area contributed by atoms with Crippen molar-refractivity contribution < 1.29 is 8.42 Å². The van der Waals surface area contributed by atoms with E-state index in [9.17, 15) is 8.42 Å². The maximum Gasteiger partial charge on any atom is 0.250 e. The quantitative estimate of drug-likeness (QED) is 0.767. The molecule has 0 unspecified atom stereocenters. The predicted molar refractivity (Wildman–Crippen MR) is 81.5 cm³/mol. The predicted octanol–water partition coefficient (Wildman–Crippen LogP) is 3.94. The summed E-state index contributed by atoms with van der Waals surface area (Å²) in [5.41, 5.74) is 0.350. The van der Waals surface area contributed by atoms with Gasteiger partial charge in [0.05, 0.1) is 4.34 Å². The second kappa shape index (κ2) is 6.22. The third-order valence-electron chi connectivity index (χ3n) is 3.06. The molecule has 1 rings (SSSR count). The van der Waals surface area contributed by atoms with Crippen molar-refractivity contribution in [1.82, 2.24) is 4.72 Å². The van der Waals surface area contributed by atoms with E-state index in [0.717, 1.165) is 29.7 Å². The van der Waals surface area contributed by atoms with Crippen molar-refractivity contribution in [1.29, 1.82) is 0 Å². The van der Waals surface area contributed by atoms with E-state index in [2.05, 4.69) is 20.7 Å². The number of hydrogen-bond donors (Lipinski definition) is 1. The normalized spacial score (nSPS) is 12.9. The highest BCUT2D eigenvalue weighted by Gasteiger charge is 2.32. The van der Waals surface area contributed by atoms with Crippen LogP contribution in [0.1, 0.15) is 32.3 Å². The van der Waals surface area contributed by atoms with Gasteiger partial charge in [0.15, 0.2) is 0 Å². The first-order valence-corrected chi connectivity index (χ1v) is 9.46.